The second-order valence-corrected chi connectivity index (χ2v) is 8.71. The summed E-state index contributed by atoms with van der Waals surface area (Å²) in [6, 6.07) is 7.83. The predicted octanol–water partition coefficient (Wildman–Crippen LogP) is 2.95. The SMILES string of the molecule is Cc1ccc(S(=O)(=O)N2C3CC4CC(C3)CC2C4)cc1. The quantitative estimate of drug-likeness (QED) is 0.840. The third kappa shape index (κ3) is 1.85. The molecule has 4 bridgehead atoms. The zero-order chi connectivity index (χ0) is 13.9. The van der Waals surface area contributed by atoms with Crippen molar-refractivity contribution < 1.29 is 8.42 Å². The van der Waals surface area contributed by atoms with E-state index in [4.69, 9.17) is 0 Å². The standard InChI is InChI=1S/C16H21NO2S/c1-11-2-4-16(5-3-11)20(18,19)17-14-7-12-6-13(9-14)10-15(17)8-12/h2-5,12-15H,6-10H2,1H3. The first-order chi connectivity index (χ1) is 9.54. The van der Waals surface area contributed by atoms with E-state index in [9.17, 15) is 8.42 Å². The van der Waals surface area contributed by atoms with Crippen molar-refractivity contribution in [3.8, 4) is 0 Å². The number of nitrogens with zero attached hydrogens (tertiary/aromatic N) is 1. The lowest BCUT2D eigenvalue weighted by Gasteiger charge is -2.55. The van der Waals surface area contributed by atoms with Crippen molar-refractivity contribution in [2.45, 2.75) is 56.0 Å². The van der Waals surface area contributed by atoms with Crippen molar-refractivity contribution in [2.24, 2.45) is 11.8 Å². The Labute approximate surface area is 121 Å². The van der Waals surface area contributed by atoms with Crippen LogP contribution in [0.3, 0.4) is 0 Å². The molecule has 4 heteroatoms. The van der Waals surface area contributed by atoms with Gasteiger partial charge in [0.05, 0.1) is 4.90 Å². The van der Waals surface area contributed by atoms with Gasteiger partial charge in [0.25, 0.3) is 0 Å². The molecule has 20 heavy (non-hydrogen) atoms. The normalized spacial score (nSPS) is 36.5. The topological polar surface area (TPSA) is 37.4 Å². The molecule has 0 amide bonds. The molecule has 0 spiro atoms. The molecule has 5 rings (SSSR count). The van der Waals surface area contributed by atoms with E-state index < -0.39 is 10.0 Å². The average molecular weight is 291 g/mol. The molecular formula is C16H21NO2S. The van der Waals surface area contributed by atoms with Crippen molar-refractivity contribution in [1.82, 2.24) is 4.31 Å². The Kier molecular flexibility index (Phi) is 2.77. The third-order valence-corrected chi connectivity index (χ3v) is 7.42. The molecular weight excluding hydrogens is 270 g/mol. The minimum absolute atomic E-state index is 0.262. The molecule has 0 aromatic heterocycles. The fourth-order valence-corrected chi connectivity index (χ4v) is 6.57. The number of rotatable bonds is 2. The van der Waals surface area contributed by atoms with Gasteiger partial charge in [0.15, 0.2) is 0 Å². The molecule has 0 N–H and O–H groups in total. The van der Waals surface area contributed by atoms with Crippen LogP contribution in [0.25, 0.3) is 0 Å². The molecule has 2 saturated heterocycles. The van der Waals surface area contributed by atoms with Gasteiger partial charge in [0.2, 0.25) is 10.0 Å². The van der Waals surface area contributed by atoms with E-state index in [1.54, 1.807) is 12.1 Å². The van der Waals surface area contributed by atoms with E-state index >= 15 is 0 Å². The Bertz CT molecular complexity index is 592. The van der Waals surface area contributed by atoms with E-state index in [-0.39, 0.29) is 12.1 Å². The van der Waals surface area contributed by atoms with Crippen molar-refractivity contribution >= 4 is 10.0 Å². The van der Waals surface area contributed by atoms with Gasteiger partial charge in [0, 0.05) is 12.1 Å². The van der Waals surface area contributed by atoms with Gasteiger partial charge in [-0.3, -0.25) is 0 Å². The van der Waals surface area contributed by atoms with Crippen molar-refractivity contribution in [3.63, 3.8) is 0 Å². The Morgan fingerprint density at radius 2 is 1.40 bits per heavy atom. The lowest BCUT2D eigenvalue weighted by Crippen LogP contribution is -2.59. The van der Waals surface area contributed by atoms with Gasteiger partial charge < -0.3 is 0 Å². The van der Waals surface area contributed by atoms with Gasteiger partial charge in [-0.05, 0) is 63.0 Å². The summed E-state index contributed by atoms with van der Waals surface area (Å²) in [6.07, 6.45) is 5.66. The molecule has 0 radical (unpaired) electrons. The van der Waals surface area contributed by atoms with Crippen LogP contribution >= 0.6 is 0 Å². The first kappa shape index (κ1) is 12.8. The van der Waals surface area contributed by atoms with Crippen LogP contribution < -0.4 is 0 Å². The van der Waals surface area contributed by atoms with Crippen LogP contribution in [0.2, 0.25) is 0 Å². The van der Waals surface area contributed by atoms with Gasteiger partial charge >= 0.3 is 0 Å². The molecule has 2 aliphatic heterocycles. The van der Waals surface area contributed by atoms with E-state index in [2.05, 4.69) is 0 Å². The molecule has 1 aromatic carbocycles. The maximum Gasteiger partial charge on any atom is 0.243 e. The molecule has 0 atom stereocenters. The summed E-state index contributed by atoms with van der Waals surface area (Å²) in [4.78, 5) is 0.468. The van der Waals surface area contributed by atoms with Crippen LogP contribution in [0.4, 0.5) is 0 Å². The Morgan fingerprint density at radius 3 is 1.90 bits per heavy atom. The van der Waals surface area contributed by atoms with Crippen molar-refractivity contribution in [2.75, 3.05) is 0 Å². The first-order valence-electron chi connectivity index (χ1n) is 7.64. The van der Waals surface area contributed by atoms with Gasteiger partial charge in [-0.1, -0.05) is 17.7 Å². The number of aryl methyl sites for hydroxylation is 1. The van der Waals surface area contributed by atoms with E-state index in [1.165, 1.54) is 6.42 Å². The minimum atomic E-state index is -3.31. The van der Waals surface area contributed by atoms with Crippen LogP contribution in [-0.4, -0.2) is 24.8 Å². The summed E-state index contributed by atoms with van der Waals surface area (Å²) in [5.41, 5.74) is 1.10. The summed E-state index contributed by atoms with van der Waals surface area (Å²) >= 11 is 0. The van der Waals surface area contributed by atoms with Crippen molar-refractivity contribution in [3.05, 3.63) is 29.8 Å². The second kappa shape index (κ2) is 4.31. The molecule has 2 aliphatic carbocycles. The summed E-state index contributed by atoms with van der Waals surface area (Å²) in [7, 11) is -3.31. The Balaban J connectivity index is 1.71. The van der Waals surface area contributed by atoms with Crippen LogP contribution in [0.5, 0.6) is 0 Å². The Hall–Kier alpha value is -0.870. The monoisotopic (exact) mass is 291 g/mol. The smallest absolute Gasteiger partial charge is 0.207 e. The fraction of sp³-hybridized carbons (Fsp3) is 0.625. The number of benzene rings is 1. The fourth-order valence-electron chi connectivity index (χ4n) is 4.72. The van der Waals surface area contributed by atoms with E-state index in [1.807, 2.05) is 23.4 Å². The van der Waals surface area contributed by atoms with Gasteiger partial charge in [-0.2, -0.15) is 4.31 Å². The number of sulfonamides is 1. The van der Waals surface area contributed by atoms with Crippen LogP contribution in [0, 0.1) is 18.8 Å². The second-order valence-electron chi connectivity index (χ2n) is 6.87. The first-order valence-corrected chi connectivity index (χ1v) is 9.08. The molecule has 4 fully saturated rings. The lowest BCUT2D eigenvalue weighted by atomic mass is 9.65. The number of piperidine rings is 2. The number of hydrogen-bond donors (Lipinski definition) is 0. The highest BCUT2D eigenvalue weighted by atomic mass is 32.2. The molecule has 3 nitrogen and oxygen atoms in total. The van der Waals surface area contributed by atoms with E-state index in [0.717, 1.165) is 43.1 Å². The molecule has 2 saturated carbocycles. The maximum atomic E-state index is 13.0. The van der Waals surface area contributed by atoms with Crippen LogP contribution in [0.15, 0.2) is 29.2 Å². The molecule has 1 aromatic rings. The lowest BCUT2D eigenvalue weighted by molar-refractivity contribution is -0.00706. The van der Waals surface area contributed by atoms with Gasteiger partial charge in [0.1, 0.15) is 0 Å². The van der Waals surface area contributed by atoms with Crippen LogP contribution in [-0.2, 0) is 10.0 Å². The maximum absolute atomic E-state index is 13.0. The molecule has 108 valence electrons. The largest absolute Gasteiger partial charge is 0.243 e. The van der Waals surface area contributed by atoms with Gasteiger partial charge in [-0.25, -0.2) is 8.42 Å². The summed E-state index contributed by atoms with van der Waals surface area (Å²) in [6.45, 7) is 1.99. The number of hydrogen-bond acceptors (Lipinski definition) is 2. The highest BCUT2D eigenvalue weighted by Crippen LogP contribution is 2.50. The van der Waals surface area contributed by atoms with Crippen LogP contribution in [0.1, 0.15) is 37.7 Å². The molecule has 0 unspecified atom stereocenters. The third-order valence-electron chi connectivity index (χ3n) is 5.40. The predicted molar refractivity (Wildman–Crippen MR) is 77.8 cm³/mol. The highest BCUT2D eigenvalue weighted by Gasteiger charge is 2.51. The minimum Gasteiger partial charge on any atom is -0.207 e. The Morgan fingerprint density at radius 1 is 0.900 bits per heavy atom. The molecule has 4 aliphatic rings. The van der Waals surface area contributed by atoms with E-state index in [0.29, 0.717) is 4.90 Å². The summed E-state index contributed by atoms with van der Waals surface area (Å²) < 4.78 is 27.8. The zero-order valence-corrected chi connectivity index (χ0v) is 12.6. The van der Waals surface area contributed by atoms with Crippen molar-refractivity contribution in [1.29, 1.82) is 0 Å². The average Bonchev–Trinajstić information content (AvgIpc) is 2.37. The molecule has 2 heterocycles. The van der Waals surface area contributed by atoms with Gasteiger partial charge in [-0.15, -0.1) is 0 Å². The zero-order valence-electron chi connectivity index (χ0n) is 11.8. The highest BCUT2D eigenvalue weighted by molar-refractivity contribution is 7.89. The summed E-state index contributed by atoms with van der Waals surface area (Å²) in [5.74, 6) is 1.56. The summed E-state index contributed by atoms with van der Waals surface area (Å²) in [5, 5.41) is 0.